The molecule has 0 aliphatic heterocycles. The van der Waals surface area contributed by atoms with Crippen LogP contribution in [0.2, 0.25) is 5.02 Å². The van der Waals surface area contributed by atoms with Gasteiger partial charge < -0.3 is 5.73 Å². The molecule has 2 N–H and O–H groups in total. The predicted molar refractivity (Wildman–Crippen MR) is 79.1 cm³/mol. The first-order valence-corrected chi connectivity index (χ1v) is 7.01. The van der Waals surface area contributed by atoms with E-state index in [1.165, 1.54) is 17.8 Å². The molecule has 0 aliphatic rings. The van der Waals surface area contributed by atoms with Gasteiger partial charge in [0.1, 0.15) is 5.82 Å². The summed E-state index contributed by atoms with van der Waals surface area (Å²) >= 11 is 9.20. The fourth-order valence-corrected chi connectivity index (χ4v) is 2.96. The molecule has 17 heavy (non-hydrogen) atoms. The van der Waals surface area contributed by atoms with Crippen molar-refractivity contribution in [3.8, 4) is 0 Å². The SMILES string of the molecule is Nc1cc(I)c(F)cc1Sc1cccc(Cl)c1. The number of benzene rings is 2. The first-order valence-electron chi connectivity index (χ1n) is 4.74. The van der Waals surface area contributed by atoms with Crippen LogP contribution in [-0.2, 0) is 0 Å². The van der Waals surface area contributed by atoms with Crippen molar-refractivity contribution < 1.29 is 4.39 Å². The van der Waals surface area contributed by atoms with Crippen molar-refractivity contribution in [3.05, 3.63) is 50.8 Å². The number of hydrogen-bond donors (Lipinski definition) is 1. The van der Waals surface area contributed by atoms with E-state index >= 15 is 0 Å². The predicted octanol–water partition coefficient (Wildman–Crippen LogP) is 4.82. The molecule has 2 rings (SSSR count). The summed E-state index contributed by atoms with van der Waals surface area (Å²) in [4.78, 5) is 1.63. The maximum absolute atomic E-state index is 13.4. The van der Waals surface area contributed by atoms with Crippen LogP contribution in [0.1, 0.15) is 0 Å². The quantitative estimate of drug-likeness (QED) is 0.598. The molecule has 2 aromatic carbocycles. The van der Waals surface area contributed by atoms with E-state index in [2.05, 4.69) is 0 Å². The fourth-order valence-electron chi connectivity index (χ4n) is 1.29. The molecule has 0 saturated carbocycles. The molecule has 2 aromatic rings. The smallest absolute Gasteiger partial charge is 0.137 e. The third kappa shape index (κ3) is 3.26. The standard InChI is InChI=1S/C12H8ClFINS/c13-7-2-1-3-8(4-7)17-12-5-9(14)10(15)6-11(12)16/h1-6H,16H2. The third-order valence-corrected chi connectivity index (χ3v) is 4.20. The zero-order valence-electron chi connectivity index (χ0n) is 8.58. The van der Waals surface area contributed by atoms with E-state index in [0.29, 0.717) is 19.2 Å². The van der Waals surface area contributed by atoms with Crippen LogP contribution < -0.4 is 5.73 Å². The van der Waals surface area contributed by atoms with Gasteiger partial charge in [-0.15, -0.1) is 0 Å². The van der Waals surface area contributed by atoms with Crippen LogP contribution in [0.5, 0.6) is 0 Å². The van der Waals surface area contributed by atoms with Gasteiger partial charge in [0.25, 0.3) is 0 Å². The summed E-state index contributed by atoms with van der Waals surface area (Å²) in [5.74, 6) is -0.260. The van der Waals surface area contributed by atoms with Gasteiger partial charge in [-0.2, -0.15) is 0 Å². The van der Waals surface area contributed by atoms with Crippen LogP contribution in [-0.4, -0.2) is 0 Å². The van der Waals surface area contributed by atoms with E-state index in [0.717, 1.165) is 4.90 Å². The first-order chi connectivity index (χ1) is 8.06. The Kier molecular flexibility index (Phi) is 4.17. The minimum absolute atomic E-state index is 0.260. The second-order valence-corrected chi connectivity index (χ2v) is 6.08. The lowest BCUT2D eigenvalue weighted by Crippen LogP contribution is -1.92. The van der Waals surface area contributed by atoms with Crippen molar-refractivity contribution >= 4 is 51.6 Å². The Hall–Kier alpha value is -0.460. The largest absolute Gasteiger partial charge is 0.398 e. The molecular formula is C12H8ClFINS. The first kappa shape index (κ1) is 13.0. The Morgan fingerprint density at radius 3 is 2.71 bits per heavy atom. The molecule has 88 valence electrons. The highest BCUT2D eigenvalue weighted by molar-refractivity contribution is 14.1. The van der Waals surface area contributed by atoms with Crippen LogP contribution in [0.25, 0.3) is 0 Å². The van der Waals surface area contributed by atoms with E-state index in [4.69, 9.17) is 17.3 Å². The van der Waals surface area contributed by atoms with Gasteiger partial charge in [0.15, 0.2) is 0 Å². The van der Waals surface area contributed by atoms with Crippen molar-refractivity contribution in [2.24, 2.45) is 0 Å². The normalized spacial score (nSPS) is 10.5. The zero-order chi connectivity index (χ0) is 12.4. The summed E-state index contributed by atoms with van der Waals surface area (Å²) in [6, 6.07) is 10.5. The van der Waals surface area contributed by atoms with Gasteiger partial charge in [-0.25, -0.2) is 4.39 Å². The molecule has 0 unspecified atom stereocenters. The topological polar surface area (TPSA) is 26.0 Å². The number of nitrogen functional groups attached to an aromatic ring is 1. The molecule has 1 nitrogen and oxygen atoms in total. The van der Waals surface area contributed by atoms with Gasteiger partial charge in [-0.3, -0.25) is 0 Å². The van der Waals surface area contributed by atoms with E-state index in [1.54, 1.807) is 12.1 Å². The number of hydrogen-bond acceptors (Lipinski definition) is 2. The van der Waals surface area contributed by atoms with Crippen LogP contribution in [0.15, 0.2) is 46.2 Å². The van der Waals surface area contributed by atoms with Gasteiger partial charge in [0, 0.05) is 20.5 Å². The molecule has 0 radical (unpaired) electrons. The van der Waals surface area contributed by atoms with Crippen LogP contribution in [0.3, 0.4) is 0 Å². The number of nitrogens with two attached hydrogens (primary N) is 1. The summed E-state index contributed by atoms with van der Waals surface area (Å²) in [7, 11) is 0. The van der Waals surface area contributed by atoms with Gasteiger partial charge in [-0.05, 0) is 52.9 Å². The molecule has 0 heterocycles. The summed E-state index contributed by atoms with van der Waals surface area (Å²) in [6.45, 7) is 0. The Labute approximate surface area is 122 Å². The molecule has 5 heteroatoms. The third-order valence-electron chi connectivity index (χ3n) is 2.08. The number of rotatable bonds is 2. The van der Waals surface area contributed by atoms with Gasteiger partial charge in [0.2, 0.25) is 0 Å². The van der Waals surface area contributed by atoms with Crippen molar-refractivity contribution in [2.45, 2.75) is 9.79 Å². The molecule has 0 saturated heterocycles. The van der Waals surface area contributed by atoms with E-state index in [9.17, 15) is 4.39 Å². The zero-order valence-corrected chi connectivity index (χ0v) is 12.3. The molecule has 0 amide bonds. The summed E-state index contributed by atoms with van der Waals surface area (Å²) < 4.78 is 14.0. The van der Waals surface area contributed by atoms with E-state index < -0.39 is 0 Å². The Bertz CT molecular complexity index is 562. The van der Waals surface area contributed by atoms with Crippen LogP contribution in [0, 0.1) is 9.39 Å². The minimum atomic E-state index is -0.260. The maximum Gasteiger partial charge on any atom is 0.137 e. The van der Waals surface area contributed by atoms with Crippen LogP contribution in [0.4, 0.5) is 10.1 Å². The molecule has 0 fully saturated rings. The Morgan fingerprint density at radius 2 is 2.00 bits per heavy atom. The molecule has 0 aliphatic carbocycles. The molecule has 0 spiro atoms. The Morgan fingerprint density at radius 1 is 1.24 bits per heavy atom. The molecule has 0 bridgehead atoms. The lowest BCUT2D eigenvalue weighted by atomic mass is 10.3. The average Bonchev–Trinajstić information content (AvgIpc) is 2.26. The van der Waals surface area contributed by atoms with Gasteiger partial charge in [0.05, 0.1) is 3.57 Å². The highest BCUT2D eigenvalue weighted by atomic mass is 127. The molecule has 0 atom stereocenters. The monoisotopic (exact) mass is 379 g/mol. The van der Waals surface area contributed by atoms with Gasteiger partial charge in [-0.1, -0.05) is 29.4 Å². The lowest BCUT2D eigenvalue weighted by molar-refractivity contribution is 0.617. The summed E-state index contributed by atoms with van der Waals surface area (Å²) in [6.07, 6.45) is 0. The summed E-state index contributed by atoms with van der Waals surface area (Å²) in [5, 5.41) is 0.652. The highest BCUT2D eigenvalue weighted by Crippen LogP contribution is 2.34. The van der Waals surface area contributed by atoms with E-state index in [-0.39, 0.29) is 5.82 Å². The fraction of sp³-hybridized carbons (Fsp3) is 0. The Balaban J connectivity index is 2.33. The van der Waals surface area contributed by atoms with Crippen molar-refractivity contribution in [3.63, 3.8) is 0 Å². The van der Waals surface area contributed by atoms with Gasteiger partial charge >= 0.3 is 0 Å². The molecular weight excluding hydrogens is 372 g/mol. The maximum atomic E-state index is 13.4. The number of halogens is 3. The lowest BCUT2D eigenvalue weighted by Gasteiger charge is -2.07. The second kappa shape index (κ2) is 5.46. The van der Waals surface area contributed by atoms with Crippen molar-refractivity contribution in [1.82, 2.24) is 0 Å². The average molecular weight is 380 g/mol. The van der Waals surface area contributed by atoms with E-state index in [1.807, 2.05) is 40.8 Å². The van der Waals surface area contributed by atoms with Crippen molar-refractivity contribution in [1.29, 1.82) is 0 Å². The second-order valence-electron chi connectivity index (χ2n) is 3.36. The molecule has 0 aromatic heterocycles. The number of anilines is 1. The van der Waals surface area contributed by atoms with Crippen molar-refractivity contribution in [2.75, 3.05) is 5.73 Å². The highest BCUT2D eigenvalue weighted by Gasteiger charge is 2.07. The van der Waals surface area contributed by atoms with Crippen LogP contribution >= 0.6 is 46.0 Å². The minimum Gasteiger partial charge on any atom is -0.398 e. The summed E-state index contributed by atoms with van der Waals surface area (Å²) in [5.41, 5.74) is 6.42.